The Kier molecular flexibility index (Phi) is 5.78. The van der Waals surface area contributed by atoms with Gasteiger partial charge in [0.1, 0.15) is 10.6 Å². The van der Waals surface area contributed by atoms with Crippen LogP contribution in [0.15, 0.2) is 41.8 Å². The van der Waals surface area contributed by atoms with Gasteiger partial charge in [-0.2, -0.15) is 18.3 Å². The monoisotopic (exact) mass is 447 g/mol. The molecule has 0 spiro atoms. The molecular formula is C16H13F4N5O4S. The number of alkyl halides is 2. The van der Waals surface area contributed by atoms with Crippen molar-refractivity contribution < 1.29 is 35.9 Å². The zero-order valence-corrected chi connectivity index (χ0v) is 15.7. The van der Waals surface area contributed by atoms with E-state index in [1.54, 1.807) is 0 Å². The summed E-state index contributed by atoms with van der Waals surface area (Å²) in [5, 5.41) is 13.9. The second kappa shape index (κ2) is 8.14. The highest BCUT2D eigenvalue weighted by atomic mass is 32.2. The lowest BCUT2D eigenvalue weighted by Crippen LogP contribution is -2.23. The first-order chi connectivity index (χ1) is 14.1. The standard InChI is InChI=1S/C16H13F4N5O4S/c17-12-9(3-5-22-16(26)27)7-25(13(12)11-2-1-4-21-14(11)18)30(28,29)10-6-23-24(8-10)15(19)20/h1-2,4,6-8,15,22H,3,5H2,(H,26,27). The third kappa shape index (κ3) is 3.98. The number of carbonyl (C=O) groups is 1. The van der Waals surface area contributed by atoms with Crippen molar-refractivity contribution in [2.24, 2.45) is 0 Å². The number of nitrogens with zero attached hydrogens (tertiary/aromatic N) is 4. The number of carboxylic acid groups (broad SMARTS) is 1. The molecule has 1 amide bonds. The maximum atomic E-state index is 15.1. The third-order valence-electron chi connectivity index (χ3n) is 4.00. The topological polar surface area (TPSA) is 119 Å². The Labute approximate surface area is 166 Å². The van der Waals surface area contributed by atoms with Gasteiger partial charge in [0.25, 0.3) is 10.0 Å². The number of hydrogen-bond acceptors (Lipinski definition) is 5. The molecule has 0 aliphatic heterocycles. The number of rotatable bonds is 7. The minimum absolute atomic E-state index is 0.0920. The summed E-state index contributed by atoms with van der Waals surface area (Å²) in [7, 11) is -4.66. The van der Waals surface area contributed by atoms with Crippen LogP contribution in [0.25, 0.3) is 11.3 Å². The normalized spacial score (nSPS) is 11.8. The summed E-state index contributed by atoms with van der Waals surface area (Å²) in [6, 6.07) is 2.34. The Morgan fingerprint density at radius 2 is 2.00 bits per heavy atom. The molecule has 0 aromatic carbocycles. The molecule has 0 radical (unpaired) electrons. The molecule has 0 saturated heterocycles. The number of halogens is 4. The van der Waals surface area contributed by atoms with Crippen molar-refractivity contribution in [2.75, 3.05) is 6.54 Å². The number of aromatic nitrogens is 4. The molecule has 0 unspecified atom stereocenters. The van der Waals surface area contributed by atoms with Crippen LogP contribution >= 0.6 is 0 Å². The Hall–Kier alpha value is -3.42. The second-order valence-corrected chi connectivity index (χ2v) is 7.69. The quantitative estimate of drug-likeness (QED) is 0.424. The molecule has 160 valence electrons. The van der Waals surface area contributed by atoms with Gasteiger partial charge in [-0.1, -0.05) is 0 Å². The highest BCUT2D eigenvalue weighted by molar-refractivity contribution is 7.90. The van der Waals surface area contributed by atoms with Crippen LogP contribution in [0.2, 0.25) is 0 Å². The van der Waals surface area contributed by atoms with Crippen LogP contribution in [0.5, 0.6) is 0 Å². The molecule has 0 aliphatic carbocycles. The lowest BCUT2D eigenvalue weighted by molar-refractivity contribution is 0.0563. The number of amides is 1. The van der Waals surface area contributed by atoms with Gasteiger partial charge >= 0.3 is 12.6 Å². The van der Waals surface area contributed by atoms with Crippen molar-refractivity contribution in [3.63, 3.8) is 0 Å². The minimum atomic E-state index is -4.66. The Morgan fingerprint density at radius 1 is 1.27 bits per heavy atom. The average Bonchev–Trinajstić information content (AvgIpc) is 3.29. The van der Waals surface area contributed by atoms with Crippen LogP contribution in [0.1, 0.15) is 12.1 Å². The van der Waals surface area contributed by atoms with E-state index in [4.69, 9.17) is 5.11 Å². The third-order valence-corrected chi connectivity index (χ3v) is 5.62. The predicted octanol–water partition coefficient (Wildman–Crippen LogP) is 2.47. The van der Waals surface area contributed by atoms with Gasteiger partial charge in [-0.15, -0.1) is 0 Å². The fraction of sp³-hybridized carbons (Fsp3) is 0.188. The summed E-state index contributed by atoms with van der Waals surface area (Å²) in [4.78, 5) is 13.3. The van der Waals surface area contributed by atoms with Gasteiger partial charge in [-0.05, 0) is 18.6 Å². The first-order valence-corrected chi connectivity index (χ1v) is 9.62. The molecule has 0 fully saturated rings. The van der Waals surface area contributed by atoms with Crippen LogP contribution < -0.4 is 5.32 Å². The highest BCUT2D eigenvalue weighted by Crippen LogP contribution is 2.32. The molecule has 30 heavy (non-hydrogen) atoms. The van der Waals surface area contributed by atoms with Gasteiger partial charge in [-0.3, -0.25) is 0 Å². The smallest absolute Gasteiger partial charge is 0.404 e. The average molecular weight is 447 g/mol. The molecule has 3 aromatic rings. The van der Waals surface area contributed by atoms with E-state index in [0.717, 1.165) is 18.5 Å². The zero-order valence-electron chi connectivity index (χ0n) is 14.8. The van der Waals surface area contributed by atoms with Crippen molar-refractivity contribution in [1.82, 2.24) is 24.1 Å². The summed E-state index contributed by atoms with van der Waals surface area (Å²) < 4.78 is 81.2. The molecule has 0 saturated carbocycles. The first kappa shape index (κ1) is 21.3. The van der Waals surface area contributed by atoms with Crippen LogP contribution in [0.3, 0.4) is 0 Å². The SMILES string of the molecule is O=C(O)NCCc1cn(S(=O)(=O)c2cnn(C(F)F)c2)c(-c2cccnc2F)c1F. The van der Waals surface area contributed by atoms with Gasteiger partial charge in [0.15, 0.2) is 5.82 Å². The zero-order chi connectivity index (χ0) is 22.1. The van der Waals surface area contributed by atoms with Crippen LogP contribution in [-0.2, 0) is 16.4 Å². The molecule has 3 aromatic heterocycles. The number of hydrogen-bond donors (Lipinski definition) is 2. The maximum absolute atomic E-state index is 15.1. The van der Waals surface area contributed by atoms with Crippen molar-refractivity contribution in [1.29, 1.82) is 0 Å². The van der Waals surface area contributed by atoms with Crippen LogP contribution in [0.4, 0.5) is 22.4 Å². The summed E-state index contributed by atoms with van der Waals surface area (Å²) in [5.41, 5.74) is -1.44. The molecule has 14 heteroatoms. The lowest BCUT2D eigenvalue weighted by Gasteiger charge is -2.09. The predicted molar refractivity (Wildman–Crippen MR) is 93.4 cm³/mol. The van der Waals surface area contributed by atoms with Crippen molar-refractivity contribution in [2.45, 2.75) is 17.9 Å². The van der Waals surface area contributed by atoms with Crippen molar-refractivity contribution in [3.05, 3.63) is 54.2 Å². The van der Waals surface area contributed by atoms with E-state index in [1.807, 2.05) is 5.32 Å². The van der Waals surface area contributed by atoms with Crippen molar-refractivity contribution >= 4 is 16.1 Å². The summed E-state index contributed by atoms with van der Waals surface area (Å²) in [6.45, 7) is -3.36. The summed E-state index contributed by atoms with van der Waals surface area (Å²) >= 11 is 0. The second-order valence-electron chi connectivity index (χ2n) is 5.88. The van der Waals surface area contributed by atoms with Gasteiger partial charge in [-0.25, -0.2) is 31.2 Å². The Morgan fingerprint density at radius 3 is 2.60 bits per heavy atom. The van der Waals surface area contributed by atoms with Gasteiger partial charge in [0.05, 0.1) is 18.0 Å². The molecule has 3 heterocycles. The van der Waals surface area contributed by atoms with E-state index < -0.39 is 50.6 Å². The van der Waals surface area contributed by atoms with Gasteiger partial charge in [0.2, 0.25) is 5.95 Å². The molecule has 0 bridgehead atoms. The highest BCUT2D eigenvalue weighted by Gasteiger charge is 2.29. The largest absolute Gasteiger partial charge is 0.465 e. The van der Waals surface area contributed by atoms with E-state index in [9.17, 15) is 26.4 Å². The number of pyridine rings is 1. The molecule has 0 aliphatic rings. The molecule has 2 N–H and O–H groups in total. The fourth-order valence-electron chi connectivity index (χ4n) is 2.65. The van der Waals surface area contributed by atoms with E-state index in [1.165, 1.54) is 6.07 Å². The first-order valence-electron chi connectivity index (χ1n) is 8.18. The molecule has 9 nitrogen and oxygen atoms in total. The summed E-state index contributed by atoms with van der Waals surface area (Å²) in [5.74, 6) is -2.29. The Bertz CT molecular complexity index is 1190. The fourth-order valence-corrected chi connectivity index (χ4v) is 3.99. The summed E-state index contributed by atoms with van der Waals surface area (Å²) in [6.07, 6.45) is 1.46. The molecule has 3 rings (SSSR count). The maximum Gasteiger partial charge on any atom is 0.404 e. The van der Waals surface area contributed by atoms with E-state index in [-0.39, 0.29) is 23.2 Å². The van der Waals surface area contributed by atoms with Crippen LogP contribution in [0, 0.1) is 11.8 Å². The van der Waals surface area contributed by atoms with E-state index >= 15 is 4.39 Å². The van der Waals surface area contributed by atoms with E-state index in [0.29, 0.717) is 16.4 Å². The van der Waals surface area contributed by atoms with E-state index in [2.05, 4.69) is 10.1 Å². The lowest BCUT2D eigenvalue weighted by atomic mass is 10.1. The molecular weight excluding hydrogens is 434 g/mol. The van der Waals surface area contributed by atoms with Gasteiger partial charge in [0, 0.05) is 24.5 Å². The van der Waals surface area contributed by atoms with Gasteiger partial charge < -0.3 is 10.4 Å². The molecule has 0 atom stereocenters. The minimum Gasteiger partial charge on any atom is -0.465 e. The van der Waals surface area contributed by atoms with Crippen LogP contribution in [-0.4, -0.2) is 44.9 Å². The van der Waals surface area contributed by atoms with Crippen molar-refractivity contribution in [3.8, 4) is 11.3 Å². The Balaban J connectivity index is 2.16. The number of nitrogens with one attached hydrogen (secondary N) is 1.